The minimum atomic E-state index is -0.505. The average molecular weight is 367 g/mol. The van der Waals surface area contributed by atoms with E-state index in [2.05, 4.69) is 72.8 Å². The van der Waals surface area contributed by atoms with Crippen molar-refractivity contribution in [1.29, 1.82) is 0 Å². The van der Waals surface area contributed by atoms with Crippen molar-refractivity contribution in [2.45, 2.75) is 12.8 Å². The van der Waals surface area contributed by atoms with E-state index in [9.17, 15) is 9.59 Å². The number of carbonyl (C=O) groups is 2. The summed E-state index contributed by atoms with van der Waals surface area (Å²) in [6, 6.07) is 26.4. The van der Waals surface area contributed by atoms with Crippen LogP contribution in [0.4, 0.5) is 0 Å². The molecule has 0 saturated carbocycles. The summed E-state index contributed by atoms with van der Waals surface area (Å²) in [6.45, 7) is 0. The van der Waals surface area contributed by atoms with Gasteiger partial charge in [-0.05, 0) is 43.1 Å². The first-order valence-corrected chi connectivity index (χ1v) is 9.24. The normalized spacial score (nSPS) is 14.4. The number of benzene rings is 5. The highest BCUT2D eigenvalue weighted by atomic mass is 16.5. The Balaban J connectivity index is 0.000000181. The zero-order valence-electron chi connectivity index (χ0n) is 15.1. The van der Waals surface area contributed by atoms with Gasteiger partial charge in [-0.1, -0.05) is 72.8 Å². The fourth-order valence-corrected chi connectivity index (χ4v) is 4.14. The van der Waals surface area contributed by atoms with Crippen LogP contribution < -0.4 is 0 Å². The minimum absolute atomic E-state index is 0.148. The third-order valence-corrected chi connectivity index (χ3v) is 5.41. The van der Waals surface area contributed by atoms with E-state index in [1.165, 1.54) is 43.1 Å². The number of carbonyl (C=O) groups excluding carboxylic acids is 2. The van der Waals surface area contributed by atoms with Crippen molar-refractivity contribution in [3.05, 3.63) is 72.8 Å². The molecule has 0 aliphatic carbocycles. The van der Waals surface area contributed by atoms with Gasteiger partial charge in [0.25, 0.3) is 11.8 Å². The van der Waals surface area contributed by atoms with Crippen LogP contribution in [0.5, 0.6) is 0 Å². The van der Waals surface area contributed by atoms with Crippen molar-refractivity contribution in [2.75, 3.05) is 0 Å². The molecule has 0 radical (unpaired) electrons. The SMILES string of the molecule is O=C1CCC(=O)N1O.c1cc2cccc3c4cccc5cccc(c(c1)c23)c54. The maximum absolute atomic E-state index is 10.2. The van der Waals surface area contributed by atoms with Gasteiger partial charge in [-0.3, -0.25) is 14.8 Å². The van der Waals surface area contributed by atoms with Gasteiger partial charge < -0.3 is 0 Å². The van der Waals surface area contributed by atoms with E-state index in [4.69, 9.17) is 5.21 Å². The van der Waals surface area contributed by atoms with Gasteiger partial charge in [-0.25, -0.2) is 0 Å². The molecule has 5 aromatic carbocycles. The van der Waals surface area contributed by atoms with Crippen molar-refractivity contribution in [2.24, 2.45) is 0 Å². The number of hydrogen-bond donors (Lipinski definition) is 1. The second-order valence-corrected chi connectivity index (χ2v) is 7.02. The monoisotopic (exact) mass is 367 g/mol. The molecule has 0 atom stereocenters. The summed E-state index contributed by atoms with van der Waals surface area (Å²) in [6.07, 6.45) is 0.296. The molecule has 0 aromatic heterocycles. The molecule has 0 unspecified atom stereocenters. The quantitative estimate of drug-likeness (QED) is 0.176. The summed E-state index contributed by atoms with van der Waals surface area (Å²) in [7, 11) is 0. The number of nitrogens with zero attached hydrogens (tertiary/aromatic N) is 1. The lowest BCUT2D eigenvalue weighted by Gasteiger charge is -2.13. The van der Waals surface area contributed by atoms with Crippen LogP contribution in [0, 0.1) is 0 Å². The van der Waals surface area contributed by atoms with E-state index >= 15 is 0 Å². The lowest BCUT2D eigenvalue weighted by atomic mass is 9.90. The van der Waals surface area contributed by atoms with Crippen LogP contribution in [0.3, 0.4) is 0 Å². The molecular formula is C24H17NO3. The zero-order valence-corrected chi connectivity index (χ0v) is 15.1. The Morgan fingerprint density at radius 1 is 0.571 bits per heavy atom. The Morgan fingerprint density at radius 2 is 0.893 bits per heavy atom. The van der Waals surface area contributed by atoms with E-state index in [-0.39, 0.29) is 17.9 Å². The summed E-state index contributed by atoms with van der Waals surface area (Å²) in [4.78, 5) is 20.5. The van der Waals surface area contributed by atoms with Crippen molar-refractivity contribution >= 4 is 54.9 Å². The van der Waals surface area contributed by atoms with Crippen LogP contribution in [-0.2, 0) is 9.59 Å². The van der Waals surface area contributed by atoms with E-state index in [1.54, 1.807) is 0 Å². The highest BCUT2D eigenvalue weighted by Gasteiger charge is 2.26. The van der Waals surface area contributed by atoms with Crippen LogP contribution in [0.2, 0.25) is 0 Å². The first kappa shape index (κ1) is 16.7. The highest BCUT2D eigenvalue weighted by Crippen LogP contribution is 2.39. The topological polar surface area (TPSA) is 57.6 Å². The van der Waals surface area contributed by atoms with Crippen LogP contribution in [0.1, 0.15) is 12.8 Å². The summed E-state index contributed by atoms with van der Waals surface area (Å²) >= 11 is 0. The van der Waals surface area contributed by atoms with Gasteiger partial charge in [0.1, 0.15) is 0 Å². The molecule has 0 spiro atoms. The third kappa shape index (κ3) is 2.42. The molecule has 0 bridgehead atoms. The van der Waals surface area contributed by atoms with Gasteiger partial charge >= 0.3 is 0 Å². The molecule has 28 heavy (non-hydrogen) atoms. The lowest BCUT2D eigenvalue weighted by molar-refractivity contribution is -0.171. The van der Waals surface area contributed by atoms with Crippen molar-refractivity contribution < 1.29 is 14.8 Å². The fourth-order valence-electron chi connectivity index (χ4n) is 4.14. The van der Waals surface area contributed by atoms with E-state index in [0.29, 0.717) is 0 Å². The lowest BCUT2D eigenvalue weighted by Crippen LogP contribution is -2.24. The number of amides is 2. The molecule has 1 fully saturated rings. The molecule has 4 heteroatoms. The third-order valence-electron chi connectivity index (χ3n) is 5.41. The van der Waals surface area contributed by atoms with Gasteiger partial charge in [-0.15, -0.1) is 0 Å². The number of rotatable bonds is 0. The Morgan fingerprint density at radius 3 is 1.14 bits per heavy atom. The van der Waals surface area contributed by atoms with Crippen molar-refractivity contribution in [1.82, 2.24) is 5.06 Å². The smallest absolute Gasteiger partial charge is 0.253 e. The summed E-state index contributed by atoms with van der Waals surface area (Å²) in [5, 5.41) is 19.5. The Kier molecular flexibility index (Phi) is 3.74. The highest BCUT2D eigenvalue weighted by molar-refractivity contribution is 6.32. The van der Waals surface area contributed by atoms with Gasteiger partial charge in [0.2, 0.25) is 0 Å². The molecule has 1 heterocycles. The number of imide groups is 1. The van der Waals surface area contributed by atoms with Gasteiger partial charge in [0, 0.05) is 12.8 Å². The maximum Gasteiger partial charge on any atom is 0.253 e. The molecule has 136 valence electrons. The van der Waals surface area contributed by atoms with Crippen LogP contribution in [-0.4, -0.2) is 22.1 Å². The van der Waals surface area contributed by atoms with E-state index in [0.717, 1.165) is 0 Å². The van der Waals surface area contributed by atoms with Crippen LogP contribution in [0.25, 0.3) is 43.1 Å². The van der Waals surface area contributed by atoms with Crippen molar-refractivity contribution in [3.63, 3.8) is 0 Å². The predicted molar refractivity (Wildman–Crippen MR) is 111 cm³/mol. The predicted octanol–water partition coefficient (Wildman–Crippen LogP) is 5.26. The zero-order chi connectivity index (χ0) is 19.3. The summed E-state index contributed by atoms with van der Waals surface area (Å²) < 4.78 is 0. The molecule has 1 aliphatic rings. The first-order valence-electron chi connectivity index (χ1n) is 9.24. The second kappa shape index (κ2) is 6.29. The Hall–Kier alpha value is -3.50. The second-order valence-electron chi connectivity index (χ2n) is 7.02. The minimum Gasteiger partial charge on any atom is -0.279 e. The van der Waals surface area contributed by atoms with E-state index in [1.807, 2.05) is 0 Å². The van der Waals surface area contributed by atoms with Gasteiger partial charge in [-0.2, -0.15) is 5.06 Å². The summed E-state index contributed by atoms with van der Waals surface area (Å²) in [5.74, 6) is -1.01. The molecule has 1 saturated heterocycles. The fraction of sp³-hybridized carbons (Fsp3) is 0.0833. The number of hydroxylamine groups is 2. The number of fused-ring (bicyclic) bond motifs is 2. The Bertz CT molecular complexity index is 1190. The van der Waals surface area contributed by atoms with Crippen molar-refractivity contribution in [3.8, 4) is 0 Å². The first-order chi connectivity index (χ1) is 13.6. The molecular weight excluding hydrogens is 350 g/mol. The standard InChI is InChI=1S/C20H12.C4H5NO3/c1-5-13-6-2-11-17-18-12-4-8-14-7-3-10-16(20(14)18)15(9-1)19(13)17;6-3-1-2-4(7)5(3)8/h1-12H;8H,1-2H2. The molecule has 2 amide bonds. The van der Waals surface area contributed by atoms with Gasteiger partial charge in [0.05, 0.1) is 0 Å². The number of hydrogen-bond acceptors (Lipinski definition) is 3. The van der Waals surface area contributed by atoms with E-state index < -0.39 is 11.8 Å². The molecule has 1 aliphatic heterocycles. The van der Waals surface area contributed by atoms with Crippen LogP contribution >= 0.6 is 0 Å². The average Bonchev–Trinajstić information content (AvgIpc) is 3.03. The summed E-state index contributed by atoms with van der Waals surface area (Å²) in [5.41, 5.74) is 0. The van der Waals surface area contributed by atoms with Gasteiger partial charge in [0.15, 0.2) is 0 Å². The Labute approximate surface area is 160 Å². The molecule has 1 N–H and O–H groups in total. The van der Waals surface area contributed by atoms with Crippen LogP contribution in [0.15, 0.2) is 72.8 Å². The largest absolute Gasteiger partial charge is 0.279 e. The molecule has 4 nitrogen and oxygen atoms in total. The molecule has 5 aromatic rings. The molecule has 6 rings (SSSR count). The maximum atomic E-state index is 10.2.